The fourth-order valence-electron chi connectivity index (χ4n) is 2.33. The van der Waals surface area contributed by atoms with Crippen molar-refractivity contribution in [3.05, 3.63) is 47.6 Å². The molecule has 0 bridgehead atoms. The third kappa shape index (κ3) is 2.28. The summed E-state index contributed by atoms with van der Waals surface area (Å²) in [6.45, 7) is 0. The van der Waals surface area contributed by atoms with Crippen molar-refractivity contribution < 1.29 is 4.52 Å². The zero-order valence-electron chi connectivity index (χ0n) is 10.9. The Morgan fingerprint density at radius 1 is 1.32 bits per heavy atom. The lowest BCUT2D eigenvalue weighted by atomic mass is 9.77. The molecule has 1 unspecified atom stereocenters. The van der Waals surface area contributed by atoms with E-state index in [0.29, 0.717) is 11.7 Å². The predicted octanol–water partition coefficient (Wildman–Crippen LogP) is 2.86. The molecule has 1 saturated carbocycles. The molecule has 1 aromatic carbocycles. The number of benzene rings is 1. The van der Waals surface area contributed by atoms with Crippen LogP contribution in [-0.2, 0) is 5.54 Å². The number of thioether (sulfide) groups is 1. The largest absolute Gasteiger partial charge is 0.338 e. The van der Waals surface area contributed by atoms with Gasteiger partial charge in [-0.1, -0.05) is 35.5 Å². The lowest BCUT2D eigenvalue weighted by Gasteiger charge is -2.34. The minimum Gasteiger partial charge on any atom is -0.338 e. The average molecular weight is 275 g/mol. The second kappa shape index (κ2) is 4.98. The molecule has 100 valence electrons. The van der Waals surface area contributed by atoms with E-state index in [2.05, 4.69) is 22.3 Å². The molecule has 2 aromatic rings. The highest BCUT2D eigenvalue weighted by molar-refractivity contribution is 7.99. The van der Waals surface area contributed by atoms with E-state index in [9.17, 15) is 0 Å². The first-order valence-electron chi connectivity index (χ1n) is 6.44. The molecule has 0 amide bonds. The highest BCUT2D eigenvalue weighted by Gasteiger charge is 2.39. The predicted molar refractivity (Wildman–Crippen MR) is 75.8 cm³/mol. The van der Waals surface area contributed by atoms with Crippen LogP contribution in [0.5, 0.6) is 0 Å². The van der Waals surface area contributed by atoms with Gasteiger partial charge in [-0.25, -0.2) is 0 Å². The average Bonchev–Trinajstić information content (AvgIpc) is 2.88. The Balaban J connectivity index is 1.88. The summed E-state index contributed by atoms with van der Waals surface area (Å²) >= 11 is 1.69. The smallest absolute Gasteiger partial charge is 0.244 e. The van der Waals surface area contributed by atoms with Crippen molar-refractivity contribution in [3.8, 4) is 0 Å². The second-order valence-corrected chi connectivity index (χ2v) is 5.94. The van der Waals surface area contributed by atoms with Crippen LogP contribution >= 0.6 is 11.8 Å². The van der Waals surface area contributed by atoms with E-state index >= 15 is 0 Å². The number of nitrogens with two attached hydrogens (primary N) is 1. The second-order valence-electron chi connectivity index (χ2n) is 4.99. The third-order valence-corrected chi connectivity index (χ3v) is 4.64. The fourth-order valence-corrected chi connectivity index (χ4v) is 3.06. The van der Waals surface area contributed by atoms with Crippen LogP contribution < -0.4 is 5.73 Å². The molecule has 0 radical (unpaired) electrons. The molecule has 0 saturated heterocycles. The van der Waals surface area contributed by atoms with Gasteiger partial charge in [-0.15, -0.1) is 11.8 Å². The molecule has 4 nitrogen and oxygen atoms in total. The van der Waals surface area contributed by atoms with Gasteiger partial charge in [-0.2, -0.15) is 4.98 Å². The molecule has 3 rings (SSSR count). The Bertz CT molecular complexity index is 551. The van der Waals surface area contributed by atoms with Crippen LogP contribution in [0.1, 0.15) is 41.8 Å². The van der Waals surface area contributed by atoms with Gasteiger partial charge in [0, 0.05) is 0 Å². The summed E-state index contributed by atoms with van der Waals surface area (Å²) in [5.74, 6) is 1.30. The maximum atomic E-state index is 6.23. The maximum Gasteiger partial charge on any atom is 0.244 e. The monoisotopic (exact) mass is 275 g/mol. The minimum absolute atomic E-state index is 0.0751. The molecular weight excluding hydrogens is 258 g/mol. The van der Waals surface area contributed by atoms with E-state index in [-0.39, 0.29) is 10.8 Å². The van der Waals surface area contributed by atoms with Crippen molar-refractivity contribution in [2.75, 3.05) is 6.26 Å². The highest BCUT2D eigenvalue weighted by atomic mass is 32.2. The number of rotatable bonds is 4. The number of hydrogen-bond acceptors (Lipinski definition) is 5. The maximum absolute atomic E-state index is 6.23. The van der Waals surface area contributed by atoms with Crippen molar-refractivity contribution in [2.24, 2.45) is 5.73 Å². The lowest BCUT2D eigenvalue weighted by molar-refractivity contribution is 0.229. The lowest BCUT2D eigenvalue weighted by Crippen LogP contribution is -2.44. The standard InChI is InChI=1S/C14H17N3OS/c1-19-11(10-6-3-2-4-7-10)12-16-13(17-18-12)14(15)8-5-9-14/h2-4,6-7,11H,5,8-9,15H2,1H3. The van der Waals surface area contributed by atoms with E-state index in [1.165, 1.54) is 5.56 Å². The van der Waals surface area contributed by atoms with Crippen LogP contribution in [0.15, 0.2) is 34.9 Å². The van der Waals surface area contributed by atoms with Gasteiger partial charge in [0.05, 0.1) is 5.54 Å². The molecule has 1 heterocycles. The fraction of sp³-hybridized carbons (Fsp3) is 0.429. The van der Waals surface area contributed by atoms with Crippen LogP contribution in [-0.4, -0.2) is 16.4 Å². The van der Waals surface area contributed by atoms with Gasteiger partial charge in [0.2, 0.25) is 5.89 Å². The quantitative estimate of drug-likeness (QED) is 0.929. The van der Waals surface area contributed by atoms with Gasteiger partial charge >= 0.3 is 0 Å². The van der Waals surface area contributed by atoms with Gasteiger partial charge in [-0.05, 0) is 31.1 Å². The minimum atomic E-state index is -0.360. The molecule has 1 fully saturated rings. The van der Waals surface area contributed by atoms with Crippen molar-refractivity contribution in [1.82, 2.24) is 10.1 Å². The summed E-state index contributed by atoms with van der Waals surface area (Å²) < 4.78 is 5.43. The summed E-state index contributed by atoms with van der Waals surface area (Å²) in [6, 6.07) is 10.2. The van der Waals surface area contributed by atoms with Gasteiger partial charge in [0.1, 0.15) is 5.25 Å². The Morgan fingerprint density at radius 3 is 2.63 bits per heavy atom. The number of hydrogen-bond donors (Lipinski definition) is 1. The van der Waals surface area contributed by atoms with Gasteiger partial charge in [0.15, 0.2) is 5.82 Å². The molecule has 0 spiro atoms. The van der Waals surface area contributed by atoms with Crippen LogP contribution in [0.3, 0.4) is 0 Å². The van der Waals surface area contributed by atoms with Crippen LogP contribution in [0.4, 0.5) is 0 Å². The first-order chi connectivity index (χ1) is 9.23. The molecule has 2 N–H and O–H groups in total. The number of aromatic nitrogens is 2. The summed E-state index contributed by atoms with van der Waals surface area (Å²) in [5.41, 5.74) is 7.04. The summed E-state index contributed by atoms with van der Waals surface area (Å²) in [4.78, 5) is 4.53. The van der Waals surface area contributed by atoms with Gasteiger partial charge in [0.25, 0.3) is 0 Å². The van der Waals surface area contributed by atoms with E-state index in [4.69, 9.17) is 10.3 Å². The molecule has 5 heteroatoms. The molecule has 19 heavy (non-hydrogen) atoms. The van der Waals surface area contributed by atoms with Crippen LogP contribution in [0.25, 0.3) is 0 Å². The SMILES string of the molecule is CSC(c1ccccc1)c1nc(C2(N)CCC2)no1. The Hall–Kier alpha value is -1.33. The Kier molecular flexibility index (Phi) is 3.33. The number of nitrogens with zero attached hydrogens (tertiary/aromatic N) is 2. The summed E-state index contributed by atoms with van der Waals surface area (Å²) in [5, 5.41) is 4.15. The van der Waals surface area contributed by atoms with Crippen molar-refractivity contribution in [1.29, 1.82) is 0 Å². The van der Waals surface area contributed by atoms with E-state index < -0.39 is 0 Å². The molecule has 1 aliphatic carbocycles. The van der Waals surface area contributed by atoms with Gasteiger partial charge in [-0.3, -0.25) is 0 Å². The first-order valence-corrected chi connectivity index (χ1v) is 7.72. The van der Waals surface area contributed by atoms with Crippen molar-refractivity contribution in [3.63, 3.8) is 0 Å². The van der Waals surface area contributed by atoms with E-state index in [0.717, 1.165) is 19.3 Å². The first kappa shape index (κ1) is 12.7. The summed E-state index contributed by atoms with van der Waals surface area (Å²) in [7, 11) is 0. The Labute approximate surface area is 116 Å². The highest BCUT2D eigenvalue weighted by Crippen LogP contribution is 2.39. The van der Waals surface area contributed by atoms with Crippen LogP contribution in [0, 0.1) is 0 Å². The van der Waals surface area contributed by atoms with Crippen LogP contribution in [0.2, 0.25) is 0 Å². The molecule has 0 aliphatic heterocycles. The zero-order valence-corrected chi connectivity index (χ0v) is 11.7. The van der Waals surface area contributed by atoms with Crippen molar-refractivity contribution in [2.45, 2.75) is 30.1 Å². The topological polar surface area (TPSA) is 64.9 Å². The molecular formula is C14H17N3OS. The Morgan fingerprint density at radius 2 is 2.05 bits per heavy atom. The molecule has 1 atom stereocenters. The van der Waals surface area contributed by atoms with E-state index in [1.54, 1.807) is 11.8 Å². The summed E-state index contributed by atoms with van der Waals surface area (Å²) in [6.07, 6.45) is 5.08. The third-order valence-electron chi connectivity index (χ3n) is 3.70. The zero-order chi connectivity index (χ0) is 13.3. The van der Waals surface area contributed by atoms with Crippen molar-refractivity contribution >= 4 is 11.8 Å². The van der Waals surface area contributed by atoms with E-state index in [1.807, 2.05) is 24.5 Å². The van der Waals surface area contributed by atoms with Gasteiger partial charge < -0.3 is 10.3 Å². The molecule has 1 aliphatic rings. The molecule has 1 aromatic heterocycles. The normalized spacial score (nSPS) is 18.8.